The van der Waals surface area contributed by atoms with Gasteiger partial charge in [-0.05, 0) is 68.1 Å². The Labute approximate surface area is 288 Å². The molecule has 4 aromatic heterocycles. The number of aromatic amines is 2. The number of amides is 2. The van der Waals surface area contributed by atoms with E-state index in [0.29, 0.717) is 44.4 Å². The number of rotatable bonds is 6. The van der Waals surface area contributed by atoms with Gasteiger partial charge < -0.3 is 4.90 Å². The topological polar surface area (TPSA) is 145 Å². The first-order valence-corrected chi connectivity index (χ1v) is 17.1. The van der Waals surface area contributed by atoms with Gasteiger partial charge in [0.25, 0.3) is 0 Å². The van der Waals surface area contributed by atoms with Gasteiger partial charge in [-0.15, -0.1) is 0 Å². The SMILES string of the molecule is Cc1n[nH]c2ccc(-c3n[nH]c4ccc(N5CC[C@]6(CCN(CC(=O)N7CC=C(c8ccc(-c9ncn(C)n9)cc8)CC7)C6)C5=O)nc34)cc12. The number of pyridine rings is 1. The highest BCUT2D eigenvalue weighted by Crippen LogP contribution is 2.42. The van der Waals surface area contributed by atoms with Gasteiger partial charge in [0.1, 0.15) is 23.4 Å². The number of benzene rings is 2. The number of nitrogens with zero attached hydrogens (tertiary/aromatic N) is 9. The number of aromatic nitrogens is 8. The van der Waals surface area contributed by atoms with Crippen molar-refractivity contribution in [2.45, 2.75) is 26.2 Å². The average Bonchev–Trinajstić information content (AvgIpc) is 3.98. The number of carbonyl (C=O) groups is 2. The van der Waals surface area contributed by atoms with E-state index in [9.17, 15) is 9.59 Å². The van der Waals surface area contributed by atoms with E-state index in [1.54, 1.807) is 11.0 Å². The molecule has 2 aromatic carbocycles. The van der Waals surface area contributed by atoms with Gasteiger partial charge in [-0.3, -0.25) is 34.3 Å². The molecule has 9 rings (SSSR count). The van der Waals surface area contributed by atoms with Crippen molar-refractivity contribution in [1.29, 1.82) is 0 Å². The highest BCUT2D eigenvalue weighted by Gasteiger charge is 2.51. The fraction of sp³-hybridized carbons (Fsp3) is 0.324. The minimum atomic E-state index is -0.494. The van der Waals surface area contributed by atoms with Crippen molar-refractivity contribution in [2.75, 3.05) is 44.2 Å². The predicted octanol–water partition coefficient (Wildman–Crippen LogP) is 4.35. The summed E-state index contributed by atoms with van der Waals surface area (Å²) in [5.74, 6) is 1.55. The number of carbonyl (C=O) groups excluding carboxylic acids is 2. The Morgan fingerprint density at radius 2 is 1.70 bits per heavy atom. The van der Waals surface area contributed by atoms with Crippen LogP contribution in [-0.4, -0.2) is 101 Å². The standard InChI is InChI=1S/C37H37N11O2/c1-23-28-19-27(7-8-29(28)41-40-23)33-34-30(42-43-33)9-10-31(39-34)48-18-14-37(36(48)50)13-17-46(21-37)20-32(49)47-15-11-25(12-16-47)24-3-5-26(6-4-24)35-38-22-45(2)44-35/h3-11,19,22H,12-18,20-21H2,1-2H3,(H,40,41)(H,42,43)/t37-/m0/s1. The molecule has 0 unspecified atom stereocenters. The lowest BCUT2D eigenvalue weighted by molar-refractivity contribution is -0.132. The molecule has 7 heterocycles. The zero-order valence-electron chi connectivity index (χ0n) is 28.1. The van der Waals surface area contributed by atoms with Crippen LogP contribution in [0.4, 0.5) is 5.82 Å². The lowest BCUT2D eigenvalue weighted by Gasteiger charge is -2.29. The number of aryl methyl sites for hydroxylation is 2. The molecule has 50 heavy (non-hydrogen) atoms. The summed E-state index contributed by atoms with van der Waals surface area (Å²) in [5, 5.41) is 20.5. The van der Waals surface area contributed by atoms with Crippen molar-refractivity contribution in [1.82, 2.24) is 49.9 Å². The molecule has 1 spiro atoms. The Bertz CT molecular complexity index is 2320. The first kappa shape index (κ1) is 30.4. The van der Waals surface area contributed by atoms with Crippen LogP contribution < -0.4 is 4.90 Å². The van der Waals surface area contributed by atoms with E-state index in [0.717, 1.165) is 75.8 Å². The van der Waals surface area contributed by atoms with Crippen molar-refractivity contribution in [3.63, 3.8) is 0 Å². The van der Waals surface area contributed by atoms with E-state index in [1.165, 1.54) is 5.57 Å². The second-order valence-corrected chi connectivity index (χ2v) is 13.8. The van der Waals surface area contributed by atoms with Crippen LogP contribution in [0.25, 0.3) is 50.2 Å². The van der Waals surface area contributed by atoms with Gasteiger partial charge >= 0.3 is 0 Å². The summed E-state index contributed by atoms with van der Waals surface area (Å²) < 4.78 is 1.70. The molecule has 3 aliphatic rings. The van der Waals surface area contributed by atoms with E-state index >= 15 is 0 Å². The summed E-state index contributed by atoms with van der Waals surface area (Å²) in [4.78, 5) is 42.7. The van der Waals surface area contributed by atoms with Crippen LogP contribution in [0.15, 0.2) is 67.0 Å². The highest BCUT2D eigenvalue weighted by atomic mass is 16.2. The first-order chi connectivity index (χ1) is 24.3. The Hall–Kier alpha value is -5.69. The molecule has 0 bridgehead atoms. The van der Waals surface area contributed by atoms with Crippen LogP contribution in [0.2, 0.25) is 0 Å². The van der Waals surface area contributed by atoms with Gasteiger partial charge in [-0.2, -0.15) is 15.3 Å². The molecule has 13 nitrogen and oxygen atoms in total. The summed E-state index contributed by atoms with van der Waals surface area (Å²) in [6, 6.07) is 18.2. The van der Waals surface area contributed by atoms with E-state index in [4.69, 9.17) is 4.98 Å². The Morgan fingerprint density at radius 3 is 2.50 bits per heavy atom. The average molecular weight is 668 g/mol. The molecule has 13 heteroatoms. The third-order valence-electron chi connectivity index (χ3n) is 10.7. The minimum absolute atomic E-state index is 0.0928. The molecule has 2 N–H and O–H groups in total. The molecule has 6 aromatic rings. The van der Waals surface area contributed by atoms with Gasteiger partial charge in [0.15, 0.2) is 5.82 Å². The number of anilines is 1. The van der Waals surface area contributed by atoms with E-state index in [-0.39, 0.29) is 11.8 Å². The van der Waals surface area contributed by atoms with Crippen molar-refractivity contribution < 1.29 is 9.59 Å². The third-order valence-corrected chi connectivity index (χ3v) is 10.7. The molecular formula is C37H37N11O2. The summed E-state index contributed by atoms with van der Waals surface area (Å²) in [6.07, 6.45) is 6.15. The summed E-state index contributed by atoms with van der Waals surface area (Å²) in [7, 11) is 1.86. The number of nitrogens with one attached hydrogen (secondary N) is 2. The molecular weight excluding hydrogens is 630 g/mol. The summed E-state index contributed by atoms with van der Waals surface area (Å²) >= 11 is 0. The molecule has 0 aliphatic carbocycles. The van der Waals surface area contributed by atoms with Crippen molar-refractivity contribution >= 4 is 45.1 Å². The summed E-state index contributed by atoms with van der Waals surface area (Å²) in [5.41, 5.74) is 8.01. The number of fused-ring (bicyclic) bond motifs is 2. The quantitative estimate of drug-likeness (QED) is 0.267. The van der Waals surface area contributed by atoms with Crippen molar-refractivity contribution in [3.05, 3.63) is 78.3 Å². The Morgan fingerprint density at radius 1 is 0.920 bits per heavy atom. The lowest BCUT2D eigenvalue weighted by Crippen LogP contribution is -2.43. The zero-order valence-corrected chi connectivity index (χ0v) is 28.1. The van der Waals surface area contributed by atoms with Gasteiger partial charge in [0, 0.05) is 49.7 Å². The van der Waals surface area contributed by atoms with Crippen LogP contribution >= 0.6 is 0 Å². The molecule has 3 aliphatic heterocycles. The lowest BCUT2D eigenvalue weighted by atomic mass is 9.85. The Balaban J connectivity index is 0.844. The molecule has 252 valence electrons. The molecule has 0 saturated carbocycles. The van der Waals surface area contributed by atoms with Gasteiger partial charge in [-0.25, -0.2) is 9.97 Å². The molecule has 0 radical (unpaired) electrons. The molecule has 2 amide bonds. The first-order valence-electron chi connectivity index (χ1n) is 17.1. The normalized spacial score (nSPS) is 19.8. The number of hydrogen-bond acceptors (Lipinski definition) is 8. The van der Waals surface area contributed by atoms with Crippen molar-refractivity contribution in [3.8, 4) is 22.6 Å². The van der Waals surface area contributed by atoms with Gasteiger partial charge in [0.2, 0.25) is 11.8 Å². The smallest absolute Gasteiger partial charge is 0.237 e. The maximum absolute atomic E-state index is 14.0. The van der Waals surface area contributed by atoms with E-state index in [2.05, 4.69) is 59.7 Å². The van der Waals surface area contributed by atoms with Crippen LogP contribution in [0.3, 0.4) is 0 Å². The second-order valence-electron chi connectivity index (χ2n) is 13.8. The van der Waals surface area contributed by atoms with Crippen LogP contribution in [0.1, 0.15) is 30.5 Å². The molecule has 2 fully saturated rings. The van der Waals surface area contributed by atoms with Crippen LogP contribution in [-0.2, 0) is 16.6 Å². The van der Waals surface area contributed by atoms with E-state index < -0.39 is 5.41 Å². The maximum Gasteiger partial charge on any atom is 0.237 e. The monoisotopic (exact) mass is 667 g/mol. The van der Waals surface area contributed by atoms with Crippen molar-refractivity contribution in [2.24, 2.45) is 12.5 Å². The zero-order chi connectivity index (χ0) is 34.0. The van der Waals surface area contributed by atoms with Crippen LogP contribution in [0, 0.1) is 12.3 Å². The number of hydrogen-bond donors (Lipinski definition) is 2. The van der Waals surface area contributed by atoms with Gasteiger partial charge in [-0.1, -0.05) is 36.4 Å². The Kier molecular flexibility index (Phi) is 7.12. The minimum Gasteiger partial charge on any atom is -0.338 e. The van der Waals surface area contributed by atoms with E-state index in [1.807, 2.05) is 60.2 Å². The number of H-pyrrole nitrogens is 2. The van der Waals surface area contributed by atoms with Crippen LogP contribution in [0.5, 0.6) is 0 Å². The largest absolute Gasteiger partial charge is 0.338 e. The molecule has 2 saturated heterocycles. The highest BCUT2D eigenvalue weighted by molar-refractivity contribution is 6.01. The van der Waals surface area contributed by atoms with Gasteiger partial charge in [0.05, 0.1) is 28.7 Å². The molecule has 1 atom stereocenters. The fourth-order valence-electron chi connectivity index (χ4n) is 7.80. The fourth-order valence-corrected chi connectivity index (χ4v) is 7.80. The number of likely N-dealkylation sites (tertiary alicyclic amines) is 1. The third kappa shape index (κ3) is 5.16. The predicted molar refractivity (Wildman–Crippen MR) is 190 cm³/mol. The second kappa shape index (κ2) is 11.7. The maximum atomic E-state index is 14.0. The summed E-state index contributed by atoms with van der Waals surface area (Å²) in [6.45, 7) is 5.48.